The molecule has 1 aliphatic rings. The van der Waals surface area contributed by atoms with Gasteiger partial charge in [-0.2, -0.15) is 0 Å². The third-order valence-electron chi connectivity index (χ3n) is 4.09. The van der Waals surface area contributed by atoms with E-state index in [1.54, 1.807) is 4.90 Å². The second-order valence-electron chi connectivity index (χ2n) is 5.73. The SMILES string of the molecule is CC1CCCC[NH+]1CCCOC(=O)COc1ccccc1.[Cl-]. The number of esters is 1. The van der Waals surface area contributed by atoms with E-state index in [2.05, 4.69) is 6.92 Å². The molecule has 1 aromatic rings. The van der Waals surface area contributed by atoms with Crippen molar-refractivity contribution in [2.24, 2.45) is 0 Å². The Labute approximate surface area is 139 Å². The first-order chi connectivity index (χ1) is 10.3. The topological polar surface area (TPSA) is 40.0 Å². The van der Waals surface area contributed by atoms with Gasteiger partial charge in [0.1, 0.15) is 5.75 Å². The Morgan fingerprint density at radius 2 is 2.05 bits per heavy atom. The number of quaternary nitrogens is 1. The molecule has 1 saturated heterocycles. The maximum atomic E-state index is 11.6. The maximum absolute atomic E-state index is 11.6. The summed E-state index contributed by atoms with van der Waals surface area (Å²) in [5.74, 6) is 0.404. The van der Waals surface area contributed by atoms with Crippen LogP contribution in [-0.2, 0) is 9.53 Å². The number of rotatable bonds is 7. The quantitative estimate of drug-likeness (QED) is 0.487. The summed E-state index contributed by atoms with van der Waals surface area (Å²) in [7, 11) is 0. The number of nitrogens with one attached hydrogen (secondary N) is 1. The summed E-state index contributed by atoms with van der Waals surface area (Å²) in [4.78, 5) is 13.2. The highest BCUT2D eigenvalue weighted by atomic mass is 35.5. The van der Waals surface area contributed by atoms with E-state index in [0.29, 0.717) is 12.4 Å². The second-order valence-corrected chi connectivity index (χ2v) is 5.73. The number of hydrogen-bond acceptors (Lipinski definition) is 3. The van der Waals surface area contributed by atoms with Gasteiger partial charge in [-0.15, -0.1) is 0 Å². The van der Waals surface area contributed by atoms with Gasteiger partial charge in [0.05, 0.1) is 25.7 Å². The van der Waals surface area contributed by atoms with Gasteiger partial charge in [-0.1, -0.05) is 18.2 Å². The van der Waals surface area contributed by atoms with Gasteiger partial charge in [0.15, 0.2) is 6.61 Å². The number of hydrogen-bond donors (Lipinski definition) is 1. The molecule has 5 heteroatoms. The van der Waals surface area contributed by atoms with E-state index in [1.807, 2.05) is 30.3 Å². The number of piperidine rings is 1. The summed E-state index contributed by atoms with van der Waals surface area (Å²) in [5.41, 5.74) is 0. The van der Waals surface area contributed by atoms with Crippen molar-refractivity contribution in [2.75, 3.05) is 26.3 Å². The summed E-state index contributed by atoms with van der Waals surface area (Å²) >= 11 is 0. The van der Waals surface area contributed by atoms with Crippen LogP contribution in [0.5, 0.6) is 5.75 Å². The molecule has 0 aromatic heterocycles. The summed E-state index contributed by atoms with van der Waals surface area (Å²) in [6, 6.07) is 10.1. The normalized spacial score (nSPS) is 20.8. The number of halogens is 1. The van der Waals surface area contributed by atoms with Gasteiger partial charge in [-0.25, -0.2) is 4.79 Å². The number of ether oxygens (including phenoxy) is 2. The largest absolute Gasteiger partial charge is 1.00 e. The molecule has 1 aliphatic heterocycles. The van der Waals surface area contributed by atoms with Crippen molar-refractivity contribution < 1.29 is 31.6 Å². The lowest BCUT2D eigenvalue weighted by Crippen LogP contribution is -3.16. The second kappa shape index (κ2) is 10.5. The van der Waals surface area contributed by atoms with Gasteiger partial charge in [-0.3, -0.25) is 0 Å². The van der Waals surface area contributed by atoms with E-state index in [4.69, 9.17) is 9.47 Å². The fourth-order valence-electron chi connectivity index (χ4n) is 2.81. The molecule has 2 atom stereocenters. The third-order valence-corrected chi connectivity index (χ3v) is 4.09. The lowest BCUT2D eigenvalue weighted by molar-refractivity contribution is -0.928. The Kier molecular flexibility index (Phi) is 8.94. The number of carbonyl (C=O) groups is 1. The third kappa shape index (κ3) is 6.67. The molecule has 124 valence electrons. The predicted molar refractivity (Wildman–Crippen MR) is 81.5 cm³/mol. The zero-order valence-electron chi connectivity index (χ0n) is 13.2. The van der Waals surface area contributed by atoms with Gasteiger partial charge in [0.25, 0.3) is 0 Å². The van der Waals surface area contributed by atoms with E-state index in [0.717, 1.165) is 19.0 Å². The molecule has 1 N–H and O–H groups in total. The van der Waals surface area contributed by atoms with E-state index < -0.39 is 0 Å². The number of para-hydroxylation sites is 1. The highest BCUT2D eigenvalue weighted by molar-refractivity contribution is 5.71. The minimum absolute atomic E-state index is 0. The molecular weight excluding hydrogens is 302 g/mol. The zero-order valence-corrected chi connectivity index (χ0v) is 14.0. The van der Waals surface area contributed by atoms with Crippen molar-refractivity contribution >= 4 is 5.97 Å². The van der Waals surface area contributed by atoms with Crippen LogP contribution in [0.3, 0.4) is 0 Å². The number of carbonyl (C=O) groups excluding carboxylic acids is 1. The van der Waals surface area contributed by atoms with Gasteiger partial charge in [0.2, 0.25) is 0 Å². The van der Waals surface area contributed by atoms with Crippen LogP contribution in [0.2, 0.25) is 0 Å². The fraction of sp³-hybridized carbons (Fsp3) is 0.588. The molecule has 1 aromatic carbocycles. The first-order valence-electron chi connectivity index (χ1n) is 7.94. The Balaban J connectivity index is 0.00000242. The number of benzene rings is 1. The molecule has 0 radical (unpaired) electrons. The molecule has 0 bridgehead atoms. The highest BCUT2D eigenvalue weighted by Gasteiger charge is 2.21. The van der Waals surface area contributed by atoms with Crippen molar-refractivity contribution in [1.29, 1.82) is 0 Å². The molecule has 2 unspecified atom stereocenters. The van der Waals surface area contributed by atoms with Crippen LogP contribution >= 0.6 is 0 Å². The molecule has 0 amide bonds. The maximum Gasteiger partial charge on any atom is 0.344 e. The number of likely N-dealkylation sites (tertiary alicyclic amines) is 1. The molecule has 4 nitrogen and oxygen atoms in total. The Morgan fingerprint density at radius 1 is 1.27 bits per heavy atom. The van der Waals surface area contributed by atoms with Crippen LogP contribution in [0.1, 0.15) is 32.6 Å². The van der Waals surface area contributed by atoms with Crippen LogP contribution in [-0.4, -0.2) is 38.3 Å². The molecule has 0 spiro atoms. The highest BCUT2D eigenvalue weighted by Crippen LogP contribution is 2.07. The van der Waals surface area contributed by atoms with Crippen molar-refractivity contribution in [1.82, 2.24) is 0 Å². The molecule has 1 fully saturated rings. The van der Waals surface area contributed by atoms with E-state index in [-0.39, 0.29) is 25.0 Å². The van der Waals surface area contributed by atoms with Gasteiger partial charge >= 0.3 is 5.97 Å². The average Bonchev–Trinajstić information content (AvgIpc) is 2.52. The Bertz CT molecular complexity index is 427. The molecule has 2 rings (SSSR count). The Hall–Kier alpha value is -1.26. The minimum atomic E-state index is -0.291. The summed E-state index contributed by atoms with van der Waals surface area (Å²) in [5, 5.41) is 0. The average molecular weight is 328 g/mol. The van der Waals surface area contributed by atoms with Crippen molar-refractivity contribution in [3.05, 3.63) is 30.3 Å². The van der Waals surface area contributed by atoms with E-state index in [1.165, 1.54) is 25.8 Å². The summed E-state index contributed by atoms with van der Waals surface area (Å²) in [6.07, 6.45) is 4.93. The summed E-state index contributed by atoms with van der Waals surface area (Å²) < 4.78 is 10.6. The Morgan fingerprint density at radius 3 is 2.77 bits per heavy atom. The van der Waals surface area contributed by atoms with E-state index >= 15 is 0 Å². The molecular formula is C17H26ClNO3. The van der Waals surface area contributed by atoms with Gasteiger partial charge in [0, 0.05) is 6.42 Å². The molecule has 0 aliphatic carbocycles. The lowest BCUT2D eigenvalue weighted by Gasteiger charge is -2.30. The smallest absolute Gasteiger partial charge is 0.344 e. The van der Waals surface area contributed by atoms with Crippen molar-refractivity contribution in [3.63, 3.8) is 0 Å². The monoisotopic (exact) mass is 327 g/mol. The molecule has 0 saturated carbocycles. The predicted octanol–water partition coefficient (Wildman–Crippen LogP) is -1.54. The van der Waals surface area contributed by atoms with Crippen LogP contribution in [0.25, 0.3) is 0 Å². The standard InChI is InChI=1S/C17H25NO3.ClH/c1-15-8-5-6-11-18(15)12-7-13-20-17(19)14-21-16-9-3-2-4-10-16;/h2-4,9-10,15H,5-8,11-14H2,1H3;1H. The first-order valence-corrected chi connectivity index (χ1v) is 7.94. The van der Waals surface area contributed by atoms with Crippen molar-refractivity contribution in [2.45, 2.75) is 38.6 Å². The fourth-order valence-corrected chi connectivity index (χ4v) is 2.81. The summed E-state index contributed by atoms with van der Waals surface area (Å²) in [6.45, 7) is 5.14. The van der Waals surface area contributed by atoms with Gasteiger partial charge in [-0.05, 0) is 38.3 Å². The minimum Gasteiger partial charge on any atom is -1.00 e. The van der Waals surface area contributed by atoms with Gasteiger partial charge < -0.3 is 26.8 Å². The van der Waals surface area contributed by atoms with Crippen LogP contribution in [0.4, 0.5) is 0 Å². The van der Waals surface area contributed by atoms with Crippen molar-refractivity contribution in [3.8, 4) is 5.75 Å². The van der Waals surface area contributed by atoms with Crippen LogP contribution in [0, 0.1) is 0 Å². The van der Waals surface area contributed by atoms with Crippen LogP contribution in [0.15, 0.2) is 30.3 Å². The molecule has 1 heterocycles. The van der Waals surface area contributed by atoms with Crippen LogP contribution < -0.4 is 22.0 Å². The molecule has 22 heavy (non-hydrogen) atoms. The zero-order chi connectivity index (χ0) is 14.9. The lowest BCUT2D eigenvalue weighted by atomic mass is 10.0. The van der Waals surface area contributed by atoms with E-state index in [9.17, 15) is 4.79 Å². The first kappa shape index (κ1) is 18.8.